The predicted molar refractivity (Wildman–Crippen MR) is 44.2 cm³/mol. The van der Waals surface area contributed by atoms with Gasteiger partial charge in [0.2, 0.25) is 0 Å². The van der Waals surface area contributed by atoms with Crippen LogP contribution in [0.25, 0.3) is 0 Å². The lowest BCUT2D eigenvalue weighted by atomic mass is 10.3. The third kappa shape index (κ3) is 7.08. The van der Waals surface area contributed by atoms with Gasteiger partial charge in [0.15, 0.2) is 5.78 Å². The molecule has 0 amide bonds. The zero-order valence-corrected chi connectivity index (χ0v) is 7.31. The van der Waals surface area contributed by atoms with Crippen LogP contribution in [0.3, 0.4) is 0 Å². The summed E-state index contributed by atoms with van der Waals surface area (Å²) in [5.74, 6) is 5.40. The Morgan fingerprint density at radius 2 is 2.18 bits per heavy atom. The van der Waals surface area contributed by atoms with Crippen LogP contribution in [0.15, 0.2) is 0 Å². The highest BCUT2D eigenvalue weighted by atomic mass is 16.5. The normalized spacial score (nSPS) is 9.09. The zero-order chi connectivity index (χ0) is 8.69. The number of hydrogen-bond acceptors (Lipinski definition) is 2. The SMILES string of the molecule is CC#CCC(=O)COC(C)C. The number of rotatable bonds is 4. The van der Waals surface area contributed by atoms with Crippen LogP contribution in [0.1, 0.15) is 27.2 Å². The summed E-state index contributed by atoms with van der Waals surface area (Å²) in [5, 5.41) is 0. The summed E-state index contributed by atoms with van der Waals surface area (Å²) in [5.41, 5.74) is 0. The first kappa shape index (κ1) is 10.2. The van der Waals surface area contributed by atoms with Crippen LogP contribution in [0.5, 0.6) is 0 Å². The minimum absolute atomic E-state index is 0.0491. The molecule has 0 aliphatic heterocycles. The Balaban J connectivity index is 3.43. The van der Waals surface area contributed by atoms with Crippen molar-refractivity contribution in [3.05, 3.63) is 0 Å². The molecule has 62 valence electrons. The lowest BCUT2D eigenvalue weighted by molar-refractivity contribution is -0.123. The van der Waals surface area contributed by atoms with Gasteiger partial charge in [0.25, 0.3) is 0 Å². The van der Waals surface area contributed by atoms with Gasteiger partial charge in [0, 0.05) is 0 Å². The molecule has 0 N–H and O–H groups in total. The van der Waals surface area contributed by atoms with Gasteiger partial charge in [-0.3, -0.25) is 4.79 Å². The van der Waals surface area contributed by atoms with Gasteiger partial charge in [-0.15, -0.1) is 5.92 Å². The summed E-state index contributed by atoms with van der Waals surface area (Å²) in [6.45, 7) is 5.71. The van der Waals surface area contributed by atoms with Gasteiger partial charge < -0.3 is 4.74 Å². The van der Waals surface area contributed by atoms with Gasteiger partial charge in [-0.2, -0.15) is 0 Å². The molecule has 0 saturated heterocycles. The maximum Gasteiger partial charge on any atom is 0.170 e. The minimum Gasteiger partial charge on any atom is -0.371 e. The van der Waals surface area contributed by atoms with Crippen molar-refractivity contribution in [1.29, 1.82) is 0 Å². The Morgan fingerprint density at radius 3 is 2.64 bits per heavy atom. The smallest absolute Gasteiger partial charge is 0.170 e. The molecule has 0 aromatic heterocycles. The van der Waals surface area contributed by atoms with Crippen LogP contribution in [-0.4, -0.2) is 18.5 Å². The van der Waals surface area contributed by atoms with Crippen LogP contribution >= 0.6 is 0 Å². The second-order valence-electron chi connectivity index (χ2n) is 2.50. The molecule has 0 rings (SSSR count). The fraction of sp³-hybridized carbons (Fsp3) is 0.667. The van der Waals surface area contributed by atoms with E-state index in [1.54, 1.807) is 6.92 Å². The summed E-state index contributed by atoms with van der Waals surface area (Å²) >= 11 is 0. The fourth-order valence-corrected chi connectivity index (χ4v) is 0.498. The number of carbonyl (C=O) groups is 1. The molecule has 0 heterocycles. The van der Waals surface area contributed by atoms with Gasteiger partial charge in [0.05, 0.1) is 12.5 Å². The topological polar surface area (TPSA) is 26.3 Å². The number of hydrogen-bond donors (Lipinski definition) is 0. The van der Waals surface area contributed by atoms with Crippen LogP contribution in [0, 0.1) is 11.8 Å². The third-order valence-electron chi connectivity index (χ3n) is 1.04. The molecule has 11 heavy (non-hydrogen) atoms. The van der Waals surface area contributed by atoms with Crippen molar-refractivity contribution in [1.82, 2.24) is 0 Å². The van der Waals surface area contributed by atoms with E-state index in [1.165, 1.54) is 0 Å². The molecule has 2 nitrogen and oxygen atoms in total. The van der Waals surface area contributed by atoms with Crippen molar-refractivity contribution in [2.24, 2.45) is 0 Å². The number of ether oxygens (including phenoxy) is 1. The molecule has 2 heteroatoms. The molecule has 0 aliphatic rings. The molecule has 0 aromatic carbocycles. The van der Waals surface area contributed by atoms with Crippen molar-refractivity contribution in [3.63, 3.8) is 0 Å². The van der Waals surface area contributed by atoms with Crippen molar-refractivity contribution >= 4 is 5.78 Å². The highest BCUT2D eigenvalue weighted by Gasteiger charge is 2.00. The number of carbonyl (C=O) groups excluding carboxylic acids is 1. The molecule has 0 radical (unpaired) electrons. The summed E-state index contributed by atoms with van der Waals surface area (Å²) in [4.78, 5) is 10.9. The van der Waals surface area contributed by atoms with E-state index in [0.29, 0.717) is 6.42 Å². The maximum atomic E-state index is 10.9. The van der Waals surface area contributed by atoms with E-state index in [4.69, 9.17) is 4.74 Å². The van der Waals surface area contributed by atoms with Gasteiger partial charge in [0.1, 0.15) is 6.61 Å². The molecule has 0 bridgehead atoms. The molecule has 0 fully saturated rings. The second kappa shape index (κ2) is 5.94. The van der Waals surface area contributed by atoms with Crippen molar-refractivity contribution in [2.75, 3.05) is 6.61 Å². The third-order valence-corrected chi connectivity index (χ3v) is 1.04. The van der Waals surface area contributed by atoms with Gasteiger partial charge >= 0.3 is 0 Å². The van der Waals surface area contributed by atoms with E-state index in [0.717, 1.165) is 0 Å². The monoisotopic (exact) mass is 154 g/mol. The summed E-state index contributed by atoms with van der Waals surface area (Å²) < 4.78 is 5.08. The maximum absolute atomic E-state index is 10.9. The van der Waals surface area contributed by atoms with E-state index in [2.05, 4.69) is 11.8 Å². The molecule has 0 aromatic rings. The first-order valence-electron chi connectivity index (χ1n) is 3.69. The average molecular weight is 154 g/mol. The molecule has 0 aliphatic carbocycles. The Hall–Kier alpha value is -0.810. The van der Waals surface area contributed by atoms with E-state index in [9.17, 15) is 4.79 Å². The first-order valence-corrected chi connectivity index (χ1v) is 3.69. The predicted octanol–water partition coefficient (Wildman–Crippen LogP) is 1.39. The van der Waals surface area contributed by atoms with E-state index < -0.39 is 0 Å². The average Bonchev–Trinajstić information content (AvgIpc) is 1.97. The lowest BCUT2D eigenvalue weighted by Gasteiger charge is -2.03. The standard InChI is InChI=1S/C9H14O2/c1-4-5-6-9(10)7-11-8(2)3/h8H,6-7H2,1-3H3. The van der Waals surface area contributed by atoms with Crippen molar-refractivity contribution < 1.29 is 9.53 Å². The van der Waals surface area contributed by atoms with Gasteiger partial charge in [-0.05, 0) is 20.8 Å². The van der Waals surface area contributed by atoms with Crippen LogP contribution in [-0.2, 0) is 9.53 Å². The Kier molecular flexibility index (Phi) is 5.50. The van der Waals surface area contributed by atoms with Gasteiger partial charge in [-0.1, -0.05) is 5.92 Å². The molecule has 0 saturated carbocycles. The number of ketones is 1. The van der Waals surface area contributed by atoms with Gasteiger partial charge in [-0.25, -0.2) is 0 Å². The number of Topliss-reactive ketones (excluding diaryl/α,β-unsaturated/α-hetero) is 1. The second-order valence-corrected chi connectivity index (χ2v) is 2.50. The zero-order valence-electron chi connectivity index (χ0n) is 7.31. The summed E-state index contributed by atoms with van der Waals surface area (Å²) in [6.07, 6.45) is 0.428. The molecule has 0 unspecified atom stereocenters. The van der Waals surface area contributed by atoms with Crippen LogP contribution < -0.4 is 0 Å². The Labute approximate surface area is 67.9 Å². The summed E-state index contributed by atoms with van der Waals surface area (Å²) in [7, 11) is 0. The Morgan fingerprint density at radius 1 is 1.55 bits per heavy atom. The van der Waals surface area contributed by atoms with Crippen molar-refractivity contribution in [3.8, 4) is 11.8 Å². The van der Waals surface area contributed by atoms with E-state index in [-0.39, 0.29) is 18.5 Å². The highest BCUT2D eigenvalue weighted by Crippen LogP contribution is 1.89. The van der Waals surface area contributed by atoms with Crippen LogP contribution in [0.4, 0.5) is 0 Å². The van der Waals surface area contributed by atoms with Crippen molar-refractivity contribution in [2.45, 2.75) is 33.3 Å². The Bertz CT molecular complexity index is 172. The van der Waals surface area contributed by atoms with E-state index in [1.807, 2.05) is 13.8 Å². The molecule has 0 spiro atoms. The van der Waals surface area contributed by atoms with Crippen LogP contribution in [0.2, 0.25) is 0 Å². The molecular formula is C9H14O2. The minimum atomic E-state index is 0.0491. The van der Waals surface area contributed by atoms with E-state index >= 15 is 0 Å². The largest absolute Gasteiger partial charge is 0.371 e. The summed E-state index contributed by atoms with van der Waals surface area (Å²) in [6, 6.07) is 0. The quantitative estimate of drug-likeness (QED) is 0.572. The first-order chi connectivity index (χ1) is 5.16. The highest BCUT2D eigenvalue weighted by molar-refractivity contribution is 5.81. The molecular weight excluding hydrogens is 140 g/mol. The lowest BCUT2D eigenvalue weighted by Crippen LogP contribution is -2.12. The fourth-order valence-electron chi connectivity index (χ4n) is 0.498. The molecule has 0 atom stereocenters.